The Morgan fingerprint density at radius 2 is 1.80 bits per heavy atom. The Morgan fingerprint density at radius 1 is 1.07 bits per heavy atom. The van der Waals surface area contributed by atoms with E-state index in [2.05, 4.69) is 5.32 Å². The Morgan fingerprint density at radius 3 is 2.53 bits per heavy atom. The summed E-state index contributed by atoms with van der Waals surface area (Å²) >= 11 is 5.92. The van der Waals surface area contributed by atoms with Crippen LogP contribution >= 0.6 is 11.6 Å². The molecule has 158 valence electrons. The summed E-state index contributed by atoms with van der Waals surface area (Å²) in [5.41, 5.74) is 0.238. The highest BCUT2D eigenvalue weighted by atomic mass is 35.5. The molecule has 30 heavy (non-hydrogen) atoms. The Bertz CT molecular complexity index is 974. The molecule has 0 aromatic heterocycles. The fourth-order valence-electron chi connectivity index (χ4n) is 3.98. The van der Waals surface area contributed by atoms with Gasteiger partial charge in [-0.2, -0.15) is 0 Å². The number of hydrogen-bond acceptors (Lipinski definition) is 5. The number of nitrogens with one attached hydrogen (secondary N) is 1. The zero-order chi connectivity index (χ0) is 21.1. The quantitative estimate of drug-likeness (QED) is 0.714. The van der Waals surface area contributed by atoms with Gasteiger partial charge in [-0.15, -0.1) is 0 Å². The normalized spacial score (nSPS) is 16.7. The van der Waals surface area contributed by atoms with Gasteiger partial charge >= 0.3 is 5.97 Å². The third kappa shape index (κ3) is 4.07. The summed E-state index contributed by atoms with van der Waals surface area (Å²) in [6.45, 7) is 0.492. The number of carbonyl (C=O) groups excluding carboxylic acids is 2. The second-order valence-corrected chi connectivity index (χ2v) is 7.80. The van der Waals surface area contributed by atoms with Gasteiger partial charge in [0, 0.05) is 0 Å². The summed E-state index contributed by atoms with van der Waals surface area (Å²) in [5, 5.41) is 2.59. The summed E-state index contributed by atoms with van der Waals surface area (Å²) in [6.07, 6.45) is 3.05. The van der Waals surface area contributed by atoms with Crippen LogP contribution in [0, 0.1) is 5.82 Å². The van der Waals surface area contributed by atoms with Gasteiger partial charge in [0.15, 0.2) is 18.1 Å². The van der Waals surface area contributed by atoms with E-state index in [1.54, 1.807) is 6.07 Å². The fourth-order valence-corrected chi connectivity index (χ4v) is 4.19. The van der Waals surface area contributed by atoms with Crippen molar-refractivity contribution >= 4 is 29.2 Å². The van der Waals surface area contributed by atoms with Crippen LogP contribution in [0.2, 0.25) is 5.02 Å². The van der Waals surface area contributed by atoms with Gasteiger partial charge in [0.25, 0.3) is 5.91 Å². The Kier molecular flexibility index (Phi) is 5.81. The van der Waals surface area contributed by atoms with Crippen molar-refractivity contribution in [1.29, 1.82) is 0 Å². The standard InChI is InChI=1S/C22H21ClFNO5/c23-16-12-15(24)4-5-17(16)25-20(26)13-30-21(27)22(7-1-2-8-22)14-3-6-18-19(11-14)29-10-9-28-18/h3-6,11-12H,1-2,7-10,13H2,(H,25,26). The van der Waals surface area contributed by atoms with Crippen molar-refractivity contribution in [2.45, 2.75) is 31.1 Å². The van der Waals surface area contributed by atoms with Gasteiger partial charge < -0.3 is 19.5 Å². The predicted octanol–water partition coefficient (Wildman–Crippen LogP) is 4.24. The number of rotatable bonds is 5. The maximum absolute atomic E-state index is 13.1. The maximum Gasteiger partial charge on any atom is 0.317 e. The topological polar surface area (TPSA) is 73.9 Å². The molecule has 2 aliphatic rings. The number of esters is 1. The van der Waals surface area contributed by atoms with Crippen LogP contribution < -0.4 is 14.8 Å². The van der Waals surface area contributed by atoms with Crippen LogP contribution in [-0.2, 0) is 19.7 Å². The zero-order valence-corrected chi connectivity index (χ0v) is 17.0. The molecule has 8 heteroatoms. The number of anilines is 1. The molecule has 0 saturated heterocycles. The first-order valence-electron chi connectivity index (χ1n) is 9.80. The van der Waals surface area contributed by atoms with Crippen LogP contribution in [0.15, 0.2) is 36.4 Å². The van der Waals surface area contributed by atoms with E-state index in [1.165, 1.54) is 12.1 Å². The predicted molar refractivity (Wildman–Crippen MR) is 109 cm³/mol. The van der Waals surface area contributed by atoms with E-state index in [1.807, 2.05) is 12.1 Å². The molecule has 1 aliphatic heterocycles. The highest BCUT2D eigenvalue weighted by Crippen LogP contribution is 2.45. The van der Waals surface area contributed by atoms with E-state index in [0.29, 0.717) is 37.6 Å². The van der Waals surface area contributed by atoms with Gasteiger partial charge in [0.2, 0.25) is 0 Å². The lowest BCUT2D eigenvalue weighted by atomic mass is 9.78. The monoisotopic (exact) mass is 433 g/mol. The van der Waals surface area contributed by atoms with Crippen LogP contribution in [0.3, 0.4) is 0 Å². The largest absolute Gasteiger partial charge is 0.486 e. The molecule has 1 fully saturated rings. The molecule has 1 aliphatic carbocycles. The van der Waals surface area contributed by atoms with Crippen molar-refractivity contribution in [3.8, 4) is 11.5 Å². The smallest absolute Gasteiger partial charge is 0.317 e. The lowest BCUT2D eigenvalue weighted by Crippen LogP contribution is -2.36. The van der Waals surface area contributed by atoms with Crippen molar-refractivity contribution in [3.63, 3.8) is 0 Å². The van der Waals surface area contributed by atoms with Gasteiger partial charge in [-0.05, 0) is 48.7 Å². The highest BCUT2D eigenvalue weighted by Gasteiger charge is 2.45. The van der Waals surface area contributed by atoms with Gasteiger partial charge in [-0.1, -0.05) is 30.5 Å². The number of fused-ring (bicyclic) bond motifs is 1. The van der Waals surface area contributed by atoms with Gasteiger partial charge in [-0.3, -0.25) is 9.59 Å². The summed E-state index contributed by atoms with van der Waals surface area (Å²) in [5.74, 6) is -0.236. The second-order valence-electron chi connectivity index (χ2n) is 7.40. The highest BCUT2D eigenvalue weighted by molar-refractivity contribution is 6.33. The summed E-state index contributed by atoms with van der Waals surface area (Å²) in [4.78, 5) is 25.3. The molecular weight excluding hydrogens is 413 g/mol. The molecule has 4 rings (SSSR count). The molecular formula is C22H21ClFNO5. The number of ether oxygens (including phenoxy) is 3. The van der Waals surface area contributed by atoms with E-state index < -0.39 is 29.7 Å². The number of carbonyl (C=O) groups is 2. The molecule has 0 atom stereocenters. The minimum Gasteiger partial charge on any atom is -0.486 e. The molecule has 1 amide bonds. The Hall–Kier alpha value is -2.80. The van der Waals surface area contributed by atoms with Crippen LogP contribution in [0.5, 0.6) is 11.5 Å². The van der Waals surface area contributed by atoms with Crippen LogP contribution in [0.25, 0.3) is 0 Å². The lowest BCUT2D eigenvalue weighted by molar-refractivity contribution is -0.153. The van der Waals surface area contributed by atoms with Crippen molar-refractivity contribution in [3.05, 3.63) is 52.8 Å². The molecule has 0 spiro atoms. The Labute approximate surface area is 178 Å². The first-order valence-corrected chi connectivity index (χ1v) is 10.2. The summed E-state index contributed by atoms with van der Waals surface area (Å²) < 4.78 is 29.7. The second kappa shape index (κ2) is 8.52. The number of halogens is 2. The minimum atomic E-state index is -0.816. The summed E-state index contributed by atoms with van der Waals surface area (Å²) in [7, 11) is 0. The SMILES string of the molecule is O=C(COC(=O)C1(c2ccc3c(c2)OCCO3)CCCC1)Nc1ccc(F)cc1Cl. The minimum absolute atomic E-state index is 0.0678. The fraction of sp³-hybridized carbons (Fsp3) is 0.364. The molecule has 1 saturated carbocycles. The first-order chi connectivity index (χ1) is 14.5. The molecule has 2 aromatic rings. The molecule has 6 nitrogen and oxygen atoms in total. The van der Waals surface area contributed by atoms with Crippen molar-refractivity contribution < 1.29 is 28.2 Å². The number of hydrogen-bond donors (Lipinski definition) is 1. The van der Waals surface area contributed by atoms with E-state index in [0.717, 1.165) is 24.5 Å². The van der Waals surface area contributed by atoms with E-state index in [-0.39, 0.29) is 10.7 Å². The van der Waals surface area contributed by atoms with E-state index in [4.69, 9.17) is 25.8 Å². The van der Waals surface area contributed by atoms with Gasteiger partial charge in [0.05, 0.1) is 16.1 Å². The molecule has 0 bridgehead atoms. The third-order valence-electron chi connectivity index (χ3n) is 5.48. The van der Waals surface area contributed by atoms with Gasteiger partial charge in [-0.25, -0.2) is 4.39 Å². The van der Waals surface area contributed by atoms with Crippen LogP contribution in [0.4, 0.5) is 10.1 Å². The average molecular weight is 434 g/mol. The van der Waals surface area contributed by atoms with E-state index in [9.17, 15) is 14.0 Å². The first kappa shape index (κ1) is 20.5. The zero-order valence-electron chi connectivity index (χ0n) is 16.2. The van der Waals surface area contributed by atoms with Crippen molar-refractivity contribution in [2.24, 2.45) is 0 Å². The molecule has 0 radical (unpaired) electrons. The molecule has 1 heterocycles. The lowest BCUT2D eigenvalue weighted by Gasteiger charge is -2.28. The van der Waals surface area contributed by atoms with E-state index >= 15 is 0 Å². The molecule has 0 unspecified atom stereocenters. The van der Waals surface area contributed by atoms with Crippen LogP contribution in [0.1, 0.15) is 31.2 Å². The number of amides is 1. The van der Waals surface area contributed by atoms with Gasteiger partial charge in [0.1, 0.15) is 19.0 Å². The van der Waals surface area contributed by atoms with Crippen molar-refractivity contribution in [1.82, 2.24) is 0 Å². The average Bonchev–Trinajstić information content (AvgIpc) is 3.25. The third-order valence-corrected chi connectivity index (χ3v) is 5.79. The maximum atomic E-state index is 13.1. The summed E-state index contributed by atoms with van der Waals surface area (Å²) in [6, 6.07) is 9.13. The molecule has 1 N–H and O–H groups in total. The Balaban J connectivity index is 1.45. The van der Waals surface area contributed by atoms with Crippen molar-refractivity contribution in [2.75, 3.05) is 25.1 Å². The number of benzene rings is 2. The van der Waals surface area contributed by atoms with Crippen LogP contribution in [-0.4, -0.2) is 31.7 Å². The molecule has 2 aromatic carbocycles.